The number of quaternary nitrogens is 1. The normalized spacial score (nSPS) is 11.4. The lowest BCUT2D eigenvalue weighted by atomic mass is 9.99. The summed E-state index contributed by atoms with van der Waals surface area (Å²) in [6, 6.07) is 6.33. The summed E-state index contributed by atoms with van der Waals surface area (Å²) in [4.78, 5) is 0. The van der Waals surface area contributed by atoms with Crippen LogP contribution in [-0.2, 0) is 27.4 Å². The molecule has 0 aliphatic rings. The molecule has 0 bridgehead atoms. The lowest BCUT2D eigenvalue weighted by molar-refractivity contribution is 0.198. The van der Waals surface area contributed by atoms with E-state index in [1.165, 1.54) is 94.6 Å². The summed E-state index contributed by atoms with van der Waals surface area (Å²) in [5.41, 5.74) is 2.51. The average molecular weight is 488 g/mol. The number of unbranched alkanes of at least 4 members (excludes halogenated alkanes) is 12. The van der Waals surface area contributed by atoms with E-state index < -0.39 is 10.4 Å². The molecular weight excluding hydrogens is 438 g/mol. The molecule has 7 heteroatoms. The first-order valence-corrected chi connectivity index (χ1v) is 14.1. The van der Waals surface area contributed by atoms with Crippen molar-refractivity contribution in [2.24, 2.45) is 0 Å². The number of ether oxygens (including phenoxy) is 1. The van der Waals surface area contributed by atoms with Gasteiger partial charge in [-0.15, -0.1) is 0 Å². The number of rotatable bonds is 21. The Morgan fingerprint density at radius 1 is 0.727 bits per heavy atom. The molecule has 0 amide bonds. The molecule has 0 saturated heterocycles. The van der Waals surface area contributed by atoms with E-state index in [1.54, 1.807) is 0 Å². The SMILES string of the molecule is CCCCCCCCCc1ccc(OCCOS(=O)(=O)[O-])c(CCCCCCCCC)c1.[NH4+]. The van der Waals surface area contributed by atoms with E-state index in [0.29, 0.717) is 0 Å². The van der Waals surface area contributed by atoms with Gasteiger partial charge in [-0.05, 0) is 42.9 Å². The predicted octanol–water partition coefficient (Wildman–Crippen LogP) is 7.50. The van der Waals surface area contributed by atoms with Crippen molar-refractivity contribution in [3.63, 3.8) is 0 Å². The smallest absolute Gasteiger partial charge is 0.217 e. The van der Waals surface area contributed by atoms with Gasteiger partial charge in [-0.25, -0.2) is 8.42 Å². The van der Waals surface area contributed by atoms with Crippen molar-refractivity contribution >= 4 is 10.4 Å². The van der Waals surface area contributed by atoms with E-state index in [0.717, 1.165) is 25.0 Å². The van der Waals surface area contributed by atoms with Gasteiger partial charge in [-0.2, -0.15) is 0 Å². The molecule has 0 aliphatic heterocycles. The van der Waals surface area contributed by atoms with Gasteiger partial charge in [0, 0.05) is 0 Å². The summed E-state index contributed by atoms with van der Waals surface area (Å²) in [5.74, 6) is 0.770. The minimum Gasteiger partial charge on any atom is -0.726 e. The van der Waals surface area contributed by atoms with Crippen molar-refractivity contribution in [1.29, 1.82) is 0 Å². The highest BCUT2D eigenvalue weighted by Gasteiger charge is 2.07. The molecule has 0 aliphatic carbocycles. The summed E-state index contributed by atoms with van der Waals surface area (Å²) in [6.07, 6.45) is 20.0. The molecule has 1 aromatic rings. The number of aryl methyl sites for hydroxylation is 2. The van der Waals surface area contributed by atoms with Crippen LogP contribution in [0, 0.1) is 0 Å². The molecule has 1 aromatic carbocycles. The van der Waals surface area contributed by atoms with Crippen molar-refractivity contribution in [2.45, 2.75) is 117 Å². The van der Waals surface area contributed by atoms with Crippen molar-refractivity contribution in [2.75, 3.05) is 13.2 Å². The van der Waals surface area contributed by atoms with Gasteiger partial charge < -0.3 is 15.4 Å². The van der Waals surface area contributed by atoms with Gasteiger partial charge in [0.2, 0.25) is 10.4 Å². The third-order valence-electron chi connectivity index (χ3n) is 5.81. The largest absolute Gasteiger partial charge is 0.726 e. The van der Waals surface area contributed by atoms with E-state index >= 15 is 0 Å². The van der Waals surface area contributed by atoms with Crippen LogP contribution in [0.2, 0.25) is 0 Å². The topological polar surface area (TPSA) is 112 Å². The molecule has 0 saturated carbocycles. The van der Waals surface area contributed by atoms with Crippen molar-refractivity contribution in [1.82, 2.24) is 6.15 Å². The minimum atomic E-state index is -4.67. The fourth-order valence-corrected chi connectivity index (χ4v) is 4.24. The lowest BCUT2D eigenvalue weighted by Crippen LogP contribution is -2.12. The Morgan fingerprint density at radius 2 is 1.24 bits per heavy atom. The molecule has 0 unspecified atom stereocenters. The molecule has 0 atom stereocenters. The van der Waals surface area contributed by atoms with Crippen LogP contribution in [0.1, 0.15) is 115 Å². The highest BCUT2D eigenvalue weighted by molar-refractivity contribution is 7.80. The molecule has 33 heavy (non-hydrogen) atoms. The molecule has 0 aromatic heterocycles. The van der Waals surface area contributed by atoms with Crippen LogP contribution in [0.3, 0.4) is 0 Å². The van der Waals surface area contributed by atoms with Gasteiger partial charge in [0.05, 0.1) is 6.61 Å². The fraction of sp³-hybridized carbons (Fsp3) is 0.769. The molecule has 1 rings (SSSR count). The maximum atomic E-state index is 10.6. The zero-order valence-corrected chi connectivity index (χ0v) is 22.2. The van der Waals surface area contributed by atoms with Crippen LogP contribution in [-0.4, -0.2) is 26.2 Å². The summed E-state index contributed by atoms with van der Waals surface area (Å²) >= 11 is 0. The molecule has 0 heterocycles. The summed E-state index contributed by atoms with van der Waals surface area (Å²) in [7, 11) is -4.67. The van der Waals surface area contributed by atoms with Crippen molar-refractivity contribution in [3.8, 4) is 5.75 Å². The molecular formula is C26H49NO5S. The lowest BCUT2D eigenvalue weighted by Gasteiger charge is -2.14. The zero-order chi connectivity index (χ0) is 23.5. The van der Waals surface area contributed by atoms with E-state index in [4.69, 9.17) is 4.74 Å². The van der Waals surface area contributed by atoms with Crippen LogP contribution in [0.5, 0.6) is 5.75 Å². The number of benzene rings is 1. The van der Waals surface area contributed by atoms with Crippen LogP contribution in [0.15, 0.2) is 18.2 Å². The predicted molar refractivity (Wildman–Crippen MR) is 137 cm³/mol. The van der Waals surface area contributed by atoms with Crippen molar-refractivity contribution < 1.29 is 21.9 Å². The van der Waals surface area contributed by atoms with Gasteiger partial charge >= 0.3 is 0 Å². The molecule has 0 fully saturated rings. The Hall–Kier alpha value is -1.15. The third-order valence-corrected chi connectivity index (χ3v) is 6.27. The molecule has 194 valence electrons. The monoisotopic (exact) mass is 487 g/mol. The maximum Gasteiger partial charge on any atom is 0.217 e. The third kappa shape index (κ3) is 17.9. The second kappa shape index (κ2) is 20.2. The van der Waals surface area contributed by atoms with Crippen LogP contribution in [0.25, 0.3) is 0 Å². The first-order chi connectivity index (χ1) is 15.5. The summed E-state index contributed by atoms with van der Waals surface area (Å²) < 4.78 is 41.8. The Balaban J connectivity index is 0.0000102. The summed E-state index contributed by atoms with van der Waals surface area (Å²) in [6.45, 7) is 4.26. The van der Waals surface area contributed by atoms with Gasteiger partial charge in [0.25, 0.3) is 0 Å². The van der Waals surface area contributed by atoms with Gasteiger partial charge in [0.15, 0.2) is 0 Å². The Morgan fingerprint density at radius 3 is 1.79 bits per heavy atom. The first-order valence-electron chi connectivity index (χ1n) is 12.8. The van der Waals surface area contributed by atoms with E-state index in [2.05, 4.69) is 30.2 Å². The van der Waals surface area contributed by atoms with Crippen LogP contribution in [0.4, 0.5) is 0 Å². The van der Waals surface area contributed by atoms with Gasteiger partial charge in [-0.3, -0.25) is 4.18 Å². The van der Waals surface area contributed by atoms with Gasteiger partial charge in [-0.1, -0.05) is 103 Å². The second-order valence-corrected chi connectivity index (χ2v) is 9.82. The van der Waals surface area contributed by atoms with Crippen LogP contribution < -0.4 is 10.9 Å². The van der Waals surface area contributed by atoms with E-state index in [-0.39, 0.29) is 19.4 Å². The van der Waals surface area contributed by atoms with E-state index in [1.807, 2.05) is 6.07 Å². The molecule has 6 nitrogen and oxygen atoms in total. The molecule has 0 radical (unpaired) electrons. The van der Waals surface area contributed by atoms with E-state index in [9.17, 15) is 13.0 Å². The average Bonchev–Trinajstić information content (AvgIpc) is 2.75. The highest BCUT2D eigenvalue weighted by Crippen LogP contribution is 2.24. The van der Waals surface area contributed by atoms with Gasteiger partial charge in [0.1, 0.15) is 12.4 Å². The zero-order valence-electron chi connectivity index (χ0n) is 21.4. The fourth-order valence-electron chi connectivity index (χ4n) is 3.97. The molecule has 0 spiro atoms. The Bertz CT molecular complexity index is 694. The summed E-state index contributed by atoms with van der Waals surface area (Å²) in [5, 5.41) is 0. The highest BCUT2D eigenvalue weighted by atomic mass is 32.3. The number of hydrogen-bond acceptors (Lipinski definition) is 5. The maximum absolute atomic E-state index is 10.6. The molecule has 4 N–H and O–H groups in total. The first kappa shape index (κ1) is 31.9. The quantitative estimate of drug-likeness (QED) is 0.109. The van der Waals surface area contributed by atoms with Crippen LogP contribution >= 0.6 is 0 Å². The van der Waals surface area contributed by atoms with Crippen molar-refractivity contribution in [3.05, 3.63) is 29.3 Å². The minimum absolute atomic E-state index is 0. The standard InChI is InChI=1S/C26H46O5S.H3N/c1-3-5-7-9-11-13-15-17-24-19-20-26(30-21-22-31-32(27,28)29)25(23-24)18-16-14-12-10-8-6-4-2;/h19-20,23H,3-18,21-22H2,1-2H3,(H,27,28,29);1H3. The Labute approximate surface area is 203 Å². The number of hydrogen-bond donors (Lipinski definition) is 1. The Kier molecular flexibility index (Phi) is 19.5. The second-order valence-electron chi connectivity index (χ2n) is 8.76.